The zero-order valence-electron chi connectivity index (χ0n) is 16.8. The van der Waals surface area contributed by atoms with Crippen LogP contribution in [0.3, 0.4) is 0 Å². The molecule has 160 valence electrons. The van der Waals surface area contributed by atoms with E-state index in [9.17, 15) is 27.2 Å². The maximum Gasteiger partial charge on any atom is 0.416 e. The molecule has 3 nitrogen and oxygen atoms in total. The highest BCUT2D eigenvalue weighted by atomic mass is 19.4. The van der Waals surface area contributed by atoms with Gasteiger partial charge in [-0.1, -0.05) is 31.2 Å². The van der Waals surface area contributed by atoms with Gasteiger partial charge in [-0.2, -0.15) is 13.2 Å². The Labute approximate surface area is 172 Å². The Kier molecular flexibility index (Phi) is 7.54. The molecule has 0 aliphatic heterocycles. The second-order valence-electron chi connectivity index (χ2n) is 7.19. The van der Waals surface area contributed by atoms with Gasteiger partial charge in [0.15, 0.2) is 5.78 Å². The maximum atomic E-state index is 13.6. The molecule has 2 unspecified atom stereocenters. The lowest BCUT2D eigenvalue weighted by atomic mass is 9.78. The maximum absolute atomic E-state index is 13.6. The molecule has 0 radical (unpaired) electrons. The summed E-state index contributed by atoms with van der Waals surface area (Å²) < 4.78 is 56.9. The van der Waals surface area contributed by atoms with Gasteiger partial charge in [0.2, 0.25) is 0 Å². The van der Waals surface area contributed by atoms with Crippen LogP contribution in [-0.4, -0.2) is 18.9 Å². The van der Waals surface area contributed by atoms with E-state index in [0.717, 1.165) is 12.1 Å². The lowest BCUT2D eigenvalue weighted by Gasteiger charge is -2.25. The Hall–Kier alpha value is -2.96. The topological polar surface area (TPSA) is 43.4 Å². The van der Waals surface area contributed by atoms with Crippen molar-refractivity contribution in [3.8, 4) is 0 Å². The van der Waals surface area contributed by atoms with Crippen molar-refractivity contribution in [1.82, 2.24) is 0 Å². The standard InChI is InChI=1S/C23H22F4O3/c1-14(8-22(29)30-3)4-7-21-15(2)9-20(28)12-17(21)6-5-16-10-18(23(25,26)27)13-19(24)11-16/h4-8,10-13,15,21H,9H2,1-3H3/b6-5+,7-4+,14-8-. The van der Waals surface area contributed by atoms with Crippen LogP contribution in [0.4, 0.5) is 17.6 Å². The summed E-state index contributed by atoms with van der Waals surface area (Å²) in [6.07, 6.45) is 4.85. The van der Waals surface area contributed by atoms with Crippen LogP contribution in [0.15, 0.2) is 59.7 Å². The van der Waals surface area contributed by atoms with Crippen LogP contribution >= 0.6 is 0 Å². The predicted octanol–water partition coefficient (Wildman–Crippen LogP) is 5.68. The van der Waals surface area contributed by atoms with E-state index in [1.165, 1.54) is 31.4 Å². The molecule has 30 heavy (non-hydrogen) atoms. The van der Waals surface area contributed by atoms with E-state index in [2.05, 4.69) is 4.74 Å². The molecule has 1 aromatic carbocycles. The number of esters is 1. The van der Waals surface area contributed by atoms with E-state index < -0.39 is 23.5 Å². The summed E-state index contributed by atoms with van der Waals surface area (Å²) in [6, 6.07) is 2.28. The molecule has 0 amide bonds. The van der Waals surface area contributed by atoms with Gasteiger partial charge < -0.3 is 4.74 Å². The minimum atomic E-state index is -4.66. The monoisotopic (exact) mass is 422 g/mol. The fourth-order valence-corrected chi connectivity index (χ4v) is 3.19. The number of ether oxygens (including phenoxy) is 1. The van der Waals surface area contributed by atoms with Crippen LogP contribution < -0.4 is 0 Å². The summed E-state index contributed by atoms with van der Waals surface area (Å²) in [5.74, 6) is -1.83. The number of carbonyl (C=O) groups excluding carboxylic acids is 2. The summed E-state index contributed by atoms with van der Waals surface area (Å²) in [7, 11) is 1.27. The molecule has 0 fully saturated rings. The minimum Gasteiger partial charge on any atom is -0.466 e. The van der Waals surface area contributed by atoms with Crippen molar-refractivity contribution < 1.29 is 31.9 Å². The van der Waals surface area contributed by atoms with Crippen molar-refractivity contribution in [1.29, 1.82) is 0 Å². The van der Waals surface area contributed by atoms with Crippen LogP contribution in [0.2, 0.25) is 0 Å². The molecule has 2 rings (SSSR count). The number of allylic oxidation sites excluding steroid dienone is 6. The molecule has 1 aromatic rings. The van der Waals surface area contributed by atoms with Crippen LogP contribution in [-0.2, 0) is 20.5 Å². The lowest BCUT2D eigenvalue weighted by Crippen LogP contribution is -2.20. The molecule has 0 saturated carbocycles. The van der Waals surface area contributed by atoms with Crippen LogP contribution in [0.1, 0.15) is 31.4 Å². The summed E-state index contributed by atoms with van der Waals surface area (Å²) in [5.41, 5.74) is 0.204. The molecule has 0 heterocycles. The average Bonchev–Trinajstić information content (AvgIpc) is 2.64. The van der Waals surface area contributed by atoms with Gasteiger partial charge in [-0.05, 0) is 53.8 Å². The molecule has 0 aromatic heterocycles. The van der Waals surface area contributed by atoms with Crippen molar-refractivity contribution >= 4 is 17.8 Å². The Morgan fingerprint density at radius 2 is 1.90 bits per heavy atom. The van der Waals surface area contributed by atoms with Crippen molar-refractivity contribution in [2.45, 2.75) is 26.4 Å². The molecule has 0 N–H and O–H groups in total. The fraction of sp³-hybridized carbons (Fsp3) is 0.304. The molecular weight excluding hydrogens is 400 g/mol. The van der Waals surface area contributed by atoms with E-state index in [1.807, 2.05) is 13.0 Å². The van der Waals surface area contributed by atoms with E-state index >= 15 is 0 Å². The SMILES string of the molecule is COC(=O)/C=C(C)\C=C\C1C(/C=C/c2cc(F)cc(C(F)(F)F)c2)=CC(=O)CC1C. The van der Waals surface area contributed by atoms with Crippen LogP contribution in [0.25, 0.3) is 6.08 Å². The normalized spacial score (nSPS) is 20.7. The number of halogens is 4. The van der Waals surface area contributed by atoms with E-state index in [0.29, 0.717) is 23.6 Å². The first-order chi connectivity index (χ1) is 14.0. The Bertz CT molecular complexity index is 936. The highest BCUT2D eigenvalue weighted by Crippen LogP contribution is 2.33. The number of rotatable bonds is 5. The van der Waals surface area contributed by atoms with Crippen molar-refractivity contribution in [3.05, 3.63) is 76.7 Å². The summed E-state index contributed by atoms with van der Waals surface area (Å²) in [5, 5.41) is 0. The van der Waals surface area contributed by atoms with Gasteiger partial charge >= 0.3 is 12.1 Å². The van der Waals surface area contributed by atoms with Gasteiger partial charge in [0, 0.05) is 18.4 Å². The average molecular weight is 422 g/mol. The fourth-order valence-electron chi connectivity index (χ4n) is 3.19. The molecule has 2 atom stereocenters. The van der Waals surface area contributed by atoms with Crippen molar-refractivity contribution in [3.63, 3.8) is 0 Å². The highest BCUT2D eigenvalue weighted by Gasteiger charge is 2.31. The third kappa shape index (κ3) is 6.54. The zero-order chi connectivity index (χ0) is 22.5. The summed E-state index contributed by atoms with van der Waals surface area (Å²) >= 11 is 0. The zero-order valence-corrected chi connectivity index (χ0v) is 16.8. The molecular formula is C23H22F4O3. The Balaban J connectivity index is 2.33. The first kappa shape index (κ1) is 23.3. The van der Waals surface area contributed by atoms with Gasteiger partial charge in [0.25, 0.3) is 0 Å². The quantitative estimate of drug-likeness (QED) is 0.265. The number of methoxy groups -OCH3 is 1. The van der Waals surface area contributed by atoms with Crippen molar-refractivity contribution in [2.24, 2.45) is 11.8 Å². The molecule has 1 aliphatic rings. The van der Waals surface area contributed by atoms with E-state index in [1.54, 1.807) is 13.0 Å². The number of carbonyl (C=O) groups is 2. The second kappa shape index (κ2) is 9.69. The number of hydrogen-bond donors (Lipinski definition) is 0. The number of benzene rings is 1. The summed E-state index contributed by atoms with van der Waals surface area (Å²) in [4.78, 5) is 23.3. The third-order valence-electron chi connectivity index (χ3n) is 4.68. The Morgan fingerprint density at radius 3 is 2.53 bits per heavy atom. The van der Waals surface area contributed by atoms with Gasteiger partial charge in [-0.15, -0.1) is 0 Å². The molecule has 0 bridgehead atoms. The van der Waals surface area contributed by atoms with E-state index in [-0.39, 0.29) is 23.2 Å². The first-order valence-corrected chi connectivity index (χ1v) is 9.24. The minimum absolute atomic E-state index is 0.0402. The van der Waals surface area contributed by atoms with Crippen LogP contribution in [0, 0.1) is 17.7 Å². The molecule has 7 heteroatoms. The summed E-state index contributed by atoms with van der Waals surface area (Å²) in [6.45, 7) is 3.60. The first-order valence-electron chi connectivity index (χ1n) is 9.24. The van der Waals surface area contributed by atoms with Gasteiger partial charge in [0.05, 0.1) is 12.7 Å². The predicted molar refractivity (Wildman–Crippen MR) is 106 cm³/mol. The number of hydrogen-bond acceptors (Lipinski definition) is 3. The van der Waals surface area contributed by atoms with E-state index in [4.69, 9.17) is 0 Å². The largest absolute Gasteiger partial charge is 0.466 e. The smallest absolute Gasteiger partial charge is 0.416 e. The molecule has 1 aliphatic carbocycles. The highest BCUT2D eigenvalue weighted by molar-refractivity contribution is 5.92. The Morgan fingerprint density at radius 1 is 1.20 bits per heavy atom. The van der Waals surface area contributed by atoms with Gasteiger partial charge in [0.1, 0.15) is 5.82 Å². The van der Waals surface area contributed by atoms with Gasteiger partial charge in [-0.25, -0.2) is 9.18 Å². The second-order valence-corrected chi connectivity index (χ2v) is 7.19. The van der Waals surface area contributed by atoms with Gasteiger partial charge in [-0.3, -0.25) is 4.79 Å². The molecule has 0 saturated heterocycles. The number of alkyl halides is 3. The third-order valence-corrected chi connectivity index (χ3v) is 4.68. The van der Waals surface area contributed by atoms with Crippen LogP contribution in [0.5, 0.6) is 0 Å². The number of ketones is 1. The lowest BCUT2D eigenvalue weighted by molar-refractivity contribution is -0.138. The van der Waals surface area contributed by atoms with Crippen molar-refractivity contribution in [2.75, 3.05) is 7.11 Å². The molecule has 0 spiro atoms.